The molecule has 0 atom stereocenters. The Morgan fingerprint density at radius 3 is 2.10 bits per heavy atom. The van der Waals surface area contributed by atoms with E-state index in [2.05, 4.69) is 6.92 Å². The number of ether oxygens (including phenoxy) is 1. The van der Waals surface area contributed by atoms with Crippen molar-refractivity contribution in [2.75, 3.05) is 13.2 Å². The Labute approximate surface area is 124 Å². The fraction of sp³-hybridized carbons (Fsp3) is 0.824. The summed E-state index contributed by atoms with van der Waals surface area (Å²) in [6.07, 6.45) is 13.6. The molecule has 1 N–H and O–H groups in total. The van der Waals surface area contributed by atoms with Crippen molar-refractivity contribution in [3.8, 4) is 0 Å². The van der Waals surface area contributed by atoms with Crippen molar-refractivity contribution < 1.29 is 14.6 Å². The Balaban J connectivity index is 3.33. The van der Waals surface area contributed by atoms with Crippen molar-refractivity contribution in [2.24, 2.45) is 0 Å². The van der Waals surface area contributed by atoms with Crippen molar-refractivity contribution in [1.29, 1.82) is 0 Å². The molecule has 0 unspecified atom stereocenters. The zero-order chi connectivity index (χ0) is 15.1. The van der Waals surface area contributed by atoms with Crippen LogP contribution in [0.4, 0.5) is 0 Å². The maximum absolute atomic E-state index is 11.5. The topological polar surface area (TPSA) is 46.5 Å². The Hall–Kier alpha value is -0.830. The van der Waals surface area contributed by atoms with E-state index < -0.39 is 0 Å². The van der Waals surface area contributed by atoms with Gasteiger partial charge in [-0.2, -0.15) is 0 Å². The van der Waals surface area contributed by atoms with Crippen molar-refractivity contribution in [3.63, 3.8) is 0 Å². The molecule has 0 aromatic heterocycles. The monoisotopic (exact) mass is 284 g/mol. The molecule has 20 heavy (non-hydrogen) atoms. The Kier molecular flexibility index (Phi) is 14.0. The van der Waals surface area contributed by atoms with Crippen molar-refractivity contribution in [1.82, 2.24) is 0 Å². The predicted molar refractivity (Wildman–Crippen MR) is 83.6 cm³/mol. The smallest absolute Gasteiger partial charge is 0.333 e. The van der Waals surface area contributed by atoms with Gasteiger partial charge in [0, 0.05) is 12.2 Å². The number of carbonyl (C=O) groups excluding carboxylic acids is 1. The standard InChI is InChI=1S/C17H32O3/c1-3-4-5-6-7-8-9-10-11-15-20-17(19)16(2)13-12-14-18/h13,18H,3-12,14-15H2,1-2H3. The number of rotatable bonds is 13. The molecule has 0 saturated heterocycles. The fourth-order valence-electron chi connectivity index (χ4n) is 2.06. The van der Waals surface area contributed by atoms with Gasteiger partial charge in [-0.3, -0.25) is 0 Å². The van der Waals surface area contributed by atoms with Gasteiger partial charge in [-0.1, -0.05) is 64.4 Å². The fourth-order valence-corrected chi connectivity index (χ4v) is 2.06. The van der Waals surface area contributed by atoms with E-state index in [4.69, 9.17) is 9.84 Å². The zero-order valence-corrected chi connectivity index (χ0v) is 13.3. The third-order valence-corrected chi connectivity index (χ3v) is 3.38. The third kappa shape index (κ3) is 12.2. The lowest BCUT2D eigenvalue weighted by Crippen LogP contribution is -2.07. The summed E-state index contributed by atoms with van der Waals surface area (Å²) < 4.78 is 5.17. The van der Waals surface area contributed by atoms with E-state index in [9.17, 15) is 4.79 Å². The van der Waals surface area contributed by atoms with Crippen LogP contribution in [0.5, 0.6) is 0 Å². The molecular formula is C17H32O3. The lowest BCUT2D eigenvalue weighted by Gasteiger charge is -2.05. The Bertz CT molecular complexity index is 259. The first-order valence-corrected chi connectivity index (χ1v) is 8.17. The van der Waals surface area contributed by atoms with Gasteiger partial charge < -0.3 is 9.84 Å². The highest BCUT2D eigenvalue weighted by Crippen LogP contribution is 2.09. The molecule has 0 aliphatic carbocycles. The summed E-state index contributed by atoms with van der Waals surface area (Å²) in [5, 5.41) is 8.66. The molecule has 0 aliphatic heterocycles. The van der Waals surface area contributed by atoms with Crippen LogP contribution in [-0.2, 0) is 9.53 Å². The summed E-state index contributed by atoms with van der Waals surface area (Å²) in [5.41, 5.74) is 0.593. The second kappa shape index (κ2) is 14.6. The van der Waals surface area contributed by atoms with Crippen molar-refractivity contribution in [2.45, 2.75) is 78.1 Å². The molecule has 0 aromatic carbocycles. The SMILES string of the molecule is CCCCCCCCCCCOC(=O)C(C)=CCCO. The minimum Gasteiger partial charge on any atom is -0.462 e. The van der Waals surface area contributed by atoms with E-state index in [0.717, 1.165) is 12.8 Å². The molecule has 0 rings (SSSR count). The average molecular weight is 284 g/mol. The second-order valence-electron chi connectivity index (χ2n) is 5.36. The molecule has 0 spiro atoms. The highest BCUT2D eigenvalue weighted by Gasteiger charge is 2.04. The number of aliphatic hydroxyl groups excluding tert-OH is 1. The summed E-state index contributed by atoms with van der Waals surface area (Å²) >= 11 is 0. The van der Waals surface area contributed by atoms with Crippen LogP contribution < -0.4 is 0 Å². The number of hydrogen-bond donors (Lipinski definition) is 1. The van der Waals surface area contributed by atoms with Gasteiger partial charge in [-0.15, -0.1) is 0 Å². The summed E-state index contributed by atoms with van der Waals surface area (Å²) in [7, 11) is 0. The number of unbranched alkanes of at least 4 members (excludes halogenated alkanes) is 8. The number of carbonyl (C=O) groups is 1. The summed E-state index contributed by atoms with van der Waals surface area (Å²) in [6, 6.07) is 0. The van der Waals surface area contributed by atoms with Crippen LogP contribution in [0.3, 0.4) is 0 Å². The van der Waals surface area contributed by atoms with E-state index in [0.29, 0.717) is 18.6 Å². The van der Waals surface area contributed by atoms with Crippen LogP contribution in [-0.4, -0.2) is 24.3 Å². The van der Waals surface area contributed by atoms with Gasteiger partial charge in [0.25, 0.3) is 0 Å². The summed E-state index contributed by atoms with van der Waals surface area (Å²) in [5.74, 6) is -0.252. The largest absolute Gasteiger partial charge is 0.462 e. The molecule has 0 aromatic rings. The molecule has 0 saturated carbocycles. The van der Waals surface area contributed by atoms with Crippen molar-refractivity contribution >= 4 is 5.97 Å². The number of hydrogen-bond acceptors (Lipinski definition) is 3. The molecule has 0 bridgehead atoms. The van der Waals surface area contributed by atoms with Crippen LogP contribution in [0.25, 0.3) is 0 Å². The average Bonchev–Trinajstić information content (AvgIpc) is 2.46. The number of esters is 1. The molecule has 0 fully saturated rings. The van der Waals surface area contributed by atoms with Crippen LogP contribution in [0.1, 0.15) is 78.1 Å². The highest BCUT2D eigenvalue weighted by atomic mass is 16.5. The van der Waals surface area contributed by atoms with Gasteiger partial charge >= 0.3 is 5.97 Å². The van der Waals surface area contributed by atoms with Crippen LogP contribution in [0.2, 0.25) is 0 Å². The van der Waals surface area contributed by atoms with Gasteiger partial charge in [-0.25, -0.2) is 4.79 Å². The zero-order valence-electron chi connectivity index (χ0n) is 13.3. The quantitative estimate of drug-likeness (QED) is 0.310. The van der Waals surface area contributed by atoms with E-state index in [1.54, 1.807) is 13.0 Å². The van der Waals surface area contributed by atoms with E-state index >= 15 is 0 Å². The molecular weight excluding hydrogens is 252 g/mol. The lowest BCUT2D eigenvalue weighted by molar-refractivity contribution is -0.139. The van der Waals surface area contributed by atoms with Gasteiger partial charge in [-0.05, 0) is 19.8 Å². The first-order valence-electron chi connectivity index (χ1n) is 8.17. The first-order chi connectivity index (χ1) is 9.72. The van der Waals surface area contributed by atoms with Crippen LogP contribution in [0.15, 0.2) is 11.6 Å². The molecule has 3 nitrogen and oxygen atoms in total. The normalized spacial score (nSPS) is 11.7. The molecule has 0 amide bonds. The summed E-state index contributed by atoms with van der Waals surface area (Å²) in [4.78, 5) is 11.5. The van der Waals surface area contributed by atoms with Gasteiger partial charge in [0.05, 0.1) is 6.61 Å². The first kappa shape index (κ1) is 19.2. The maximum atomic E-state index is 11.5. The predicted octanol–water partition coefficient (Wildman–Crippen LogP) is 4.39. The minimum absolute atomic E-state index is 0.0723. The van der Waals surface area contributed by atoms with E-state index in [1.807, 2.05) is 0 Å². The van der Waals surface area contributed by atoms with Crippen LogP contribution >= 0.6 is 0 Å². The molecule has 3 heteroatoms. The van der Waals surface area contributed by atoms with Crippen molar-refractivity contribution in [3.05, 3.63) is 11.6 Å². The van der Waals surface area contributed by atoms with Gasteiger partial charge in [0.2, 0.25) is 0 Å². The molecule has 118 valence electrons. The second-order valence-corrected chi connectivity index (χ2v) is 5.36. The number of aliphatic hydroxyl groups is 1. The highest BCUT2D eigenvalue weighted by molar-refractivity contribution is 5.87. The van der Waals surface area contributed by atoms with Crippen LogP contribution in [0, 0.1) is 0 Å². The molecule has 0 radical (unpaired) electrons. The van der Waals surface area contributed by atoms with Gasteiger partial charge in [0.15, 0.2) is 0 Å². The minimum atomic E-state index is -0.252. The molecule has 0 heterocycles. The molecule has 0 aliphatic rings. The van der Waals surface area contributed by atoms with Gasteiger partial charge in [0.1, 0.15) is 0 Å². The maximum Gasteiger partial charge on any atom is 0.333 e. The van der Waals surface area contributed by atoms with E-state index in [1.165, 1.54) is 44.9 Å². The van der Waals surface area contributed by atoms with E-state index in [-0.39, 0.29) is 12.6 Å². The third-order valence-electron chi connectivity index (χ3n) is 3.38. The Morgan fingerprint density at radius 2 is 1.55 bits per heavy atom. The summed E-state index contributed by atoms with van der Waals surface area (Å²) in [6.45, 7) is 4.55. The lowest BCUT2D eigenvalue weighted by atomic mass is 10.1. The Morgan fingerprint density at radius 1 is 1.00 bits per heavy atom.